The highest BCUT2D eigenvalue weighted by Crippen LogP contribution is 2.31. The largest absolute Gasteiger partial charge is 0.474 e. The van der Waals surface area contributed by atoms with Gasteiger partial charge in [-0.15, -0.1) is 5.10 Å². The number of likely N-dealkylation sites (tertiary alicyclic amines) is 1. The van der Waals surface area contributed by atoms with E-state index in [-0.39, 0.29) is 30.5 Å². The number of aliphatic hydroxyl groups is 1. The average Bonchev–Trinajstić information content (AvgIpc) is 3.46. The number of methoxy groups -OCH3 is 1. The lowest BCUT2D eigenvalue weighted by molar-refractivity contribution is 0.113. The molecule has 1 saturated heterocycles. The molecule has 1 aromatic heterocycles. The molecule has 2 amide bonds. The van der Waals surface area contributed by atoms with E-state index < -0.39 is 23.8 Å². The molecule has 0 unspecified atom stereocenters. The summed E-state index contributed by atoms with van der Waals surface area (Å²) in [5, 5.41) is 20.1. The van der Waals surface area contributed by atoms with Crippen molar-refractivity contribution >= 4 is 11.8 Å². The highest BCUT2D eigenvalue weighted by molar-refractivity contribution is 5.90. The molecular formula is C28H35F2N5O4. The van der Waals surface area contributed by atoms with Crippen LogP contribution in [0.1, 0.15) is 30.9 Å². The third-order valence-electron chi connectivity index (χ3n) is 6.84. The Balaban J connectivity index is 1.58. The fourth-order valence-electron chi connectivity index (χ4n) is 4.80. The van der Waals surface area contributed by atoms with Gasteiger partial charge in [-0.05, 0) is 50.6 Å². The van der Waals surface area contributed by atoms with E-state index in [1.54, 1.807) is 31.7 Å². The zero-order valence-corrected chi connectivity index (χ0v) is 22.5. The van der Waals surface area contributed by atoms with Crippen LogP contribution in [0.15, 0.2) is 48.5 Å². The average molecular weight is 544 g/mol. The highest BCUT2D eigenvalue weighted by Gasteiger charge is 2.37. The minimum atomic E-state index is -0.925. The fourth-order valence-corrected chi connectivity index (χ4v) is 4.80. The molecule has 2 heterocycles. The number of aromatic nitrogens is 2. The van der Waals surface area contributed by atoms with Gasteiger partial charge >= 0.3 is 6.03 Å². The van der Waals surface area contributed by atoms with Crippen molar-refractivity contribution in [2.45, 2.75) is 44.9 Å². The van der Waals surface area contributed by atoms with Gasteiger partial charge in [0, 0.05) is 32.2 Å². The number of aliphatic hydroxyl groups excluding tert-OH is 1. The lowest BCUT2D eigenvalue weighted by Crippen LogP contribution is -2.43. The zero-order valence-electron chi connectivity index (χ0n) is 22.5. The molecule has 0 radical (unpaired) electrons. The first-order chi connectivity index (χ1) is 18.7. The van der Waals surface area contributed by atoms with E-state index in [9.17, 15) is 18.7 Å². The van der Waals surface area contributed by atoms with Crippen molar-refractivity contribution in [3.63, 3.8) is 0 Å². The number of hydrogen-bond donors (Lipinski definition) is 3. The molecule has 4 rings (SSSR count). The summed E-state index contributed by atoms with van der Waals surface area (Å²) in [6.45, 7) is 6.98. The Morgan fingerprint density at radius 2 is 1.87 bits per heavy atom. The van der Waals surface area contributed by atoms with Crippen LogP contribution in [0, 0.1) is 18.6 Å². The number of ether oxygens (including phenoxy) is 2. The van der Waals surface area contributed by atoms with Gasteiger partial charge in [0.15, 0.2) is 11.6 Å². The summed E-state index contributed by atoms with van der Waals surface area (Å²) in [6.07, 6.45) is -0.690. The normalized spacial score (nSPS) is 19.1. The van der Waals surface area contributed by atoms with Gasteiger partial charge in [0.1, 0.15) is 12.4 Å². The quantitative estimate of drug-likeness (QED) is 0.359. The molecule has 2 aromatic carbocycles. The molecule has 9 nitrogen and oxygen atoms in total. The molecule has 1 aliphatic heterocycles. The van der Waals surface area contributed by atoms with E-state index in [1.165, 1.54) is 6.07 Å². The number of urea groups is 1. The molecule has 1 fully saturated rings. The summed E-state index contributed by atoms with van der Waals surface area (Å²) in [5.41, 5.74) is 1.90. The Bertz CT molecular complexity index is 1270. The summed E-state index contributed by atoms with van der Waals surface area (Å²) in [5.74, 6) is -1.41. The van der Waals surface area contributed by atoms with E-state index >= 15 is 0 Å². The number of para-hydroxylation sites is 1. The molecule has 11 heteroatoms. The predicted molar refractivity (Wildman–Crippen MR) is 143 cm³/mol. The zero-order chi connectivity index (χ0) is 28.1. The second-order valence-corrected chi connectivity index (χ2v) is 9.93. The molecule has 0 spiro atoms. The standard InChI is InChI=1S/C28H35F2N5O4/c1-17(15-38-4)34-13-22(20-10-11-23(29)24(30)12-20)25(14-34)31-28(37)32-26-19(3)27(39-16-18(2)36)33-35(26)21-8-6-5-7-9-21/h5-12,17-18,22,25,36H,13-16H2,1-4H3,(H2,31,32,37)/t17-,18+,22+,25-/m1/s1. The van der Waals surface area contributed by atoms with Crippen LogP contribution < -0.4 is 15.4 Å². The van der Waals surface area contributed by atoms with Gasteiger partial charge in [0.05, 0.1) is 30.0 Å². The Kier molecular flexibility index (Phi) is 9.16. The van der Waals surface area contributed by atoms with Crippen LogP contribution in [0.2, 0.25) is 0 Å². The summed E-state index contributed by atoms with van der Waals surface area (Å²) >= 11 is 0. The summed E-state index contributed by atoms with van der Waals surface area (Å²) in [7, 11) is 1.62. The SMILES string of the molecule is COC[C@@H](C)N1C[C@@H](NC(=O)Nc2c(C)c(OC[C@H](C)O)nn2-c2ccccc2)[C@H](c2ccc(F)c(F)c2)C1. The molecular weight excluding hydrogens is 508 g/mol. The number of benzene rings is 2. The van der Waals surface area contributed by atoms with Crippen LogP contribution in [0.4, 0.5) is 19.4 Å². The molecule has 39 heavy (non-hydrogen) atoms. The Morgan fingerprint density at radius 3 is 2.54 bits per heavy atom. The molecule has 3 aromatic rings. The molecule has 0 aliphatic carbocycles. The van der Waals surface area contributed by atoms with Gasteiger partial charge < -0.3 is 19.9 Å². The van der Waals surface area contributed by atoms with Crippen LogP contribution in [0.25, 0.3) is 5.69 Å². The number of amides is 2. The van der Waals surface area contributed by atoms with E-state index in [2.05, 4.69) is 20.6 Å². The summed E-state index contributed by atoms with van der Waals surface area (Å²) in [6, 6.07) is 12.3. The lowest BCUT2D eigenvalue weighted by Gasteiger charge is -2.23. The highest BCUT2D eigenvalue weighted by atomic mass is 19.2. The van der Waals surface area contributed by atoms with E-state index in [0.717, 1.165) is 6.07 Å². The molecule has 0 bridgehead atoms. The van der Waals surface area contributed by atoms with Crippen LogP contribution in [0.3, 0.4) is 0 Å². The number of nitrogens with zero attached hydrogens (tertiary/aromatic N) is 3. The van der Waals surface area contributed by atoms with Crippen molar-refractivity contribution in [2.75, 3.05) is 38.7 Å². The van der Waals surface area contributed by atoms with Gasteiger partial charge in [-0.3, -0.25) is 10.2 Å². The number of rotatable bonds is 10. The van der Waals surface area contributed by atoms with Crippen molar-refractivity contribution in [2.24, 2.45) is 0 Å². The van der Waals surface area contributed by atoms with Crippen molar-refractivity contribution in [3.05, 3.63) is 71.3 Å². The Morgan fingerprint density at radius 1 is 1.13 bits per heavy atom. The first-order valence-corrected chi connectivity index (χ1v) is 12.9. The number of nitrogens with one attached hydrogen (secondary N) is 2. The number of carbonyl (C=O) groups excluding carboxylic acids is 1. The topological polar surface area (TPSA) is 101 Å². The molecule has 210 valence electrons. The monoisotopic (exact) mass is 543 g/mol. The van der Waals surface area contributed by atoms with Crippen molar-refractivity contribution in [3.8, 4) is 11.6 Å². The van der Waals surface area contributed by atoms with Gasteiger partial charge in [-0.1, -0.05) is 24.3 Å². The third-order valence-corrected chi connectivity index (χ3v) is 6.84. The summed E-state index contributed by atoms with van der Waals surface area (Å²) < 4.78 is 40.3. The minimum absolute atomic E-state index is 0.0474. The Labute approximate surface area is 226 Å². The third kappa shape index (κ3) is 6.73. The minimum Gasteiger partial charge on any atom is -0.474 e. The maximum absolute atomic E-state index is 14.1. The Hall–Kier alpha value is -3.54. The second-order valence-electron chi connectivity index (χ2n) is 9.93. The van der Waals surface area contributed by atoms with Crippen LogP contribution >= 0.6 is 0 Å². The van der Waals surface area contributed by atoms with Crippen molar-refractivity contribution < 1.29 is 28.2 Å². The summed E-state index contributed by atoms with van der Waals surface area (Å²) in [4.78, 5) is 15.5. The lowest BCUT2D eigenvalue weighted by atomic mass is 9.94. The fraction of sp³-hybridized carbons (Fsp3) is 0.429. The maximum Gasteiger partial charge on any atom is 0.320 e. The number of hydrogen-bond acceptors (Lipinski definition) is 6. The van der Waals surface area contributed by atoms with E-state index in [0.29, 0.717) is 42.3 Å². The van der Waals surface area contributed by atoms with Crippen LogP contribution in [-0.2, 0) is 4.74 Å². The van der Waals surface area contributed by atoms with Gasteiger partial charge in [0.2, 0.25) is 5.88 Å². The van der Waals surface area contributed by atoms with Crippen LogP contribution in [0.5, 0.6) is 5.88 Å². The van der Waals surface area contributed by atoms with Crippen LogP contribution in [-0.4, -0.2) is 77.4 Å². The maximum atomic E-state index is 14.1. The van der Waals surface area contributed by atoms with E-state index in [1.807, 2.05) is 37.3 Å². The molecule has 1 aliphatic rings. The van der Waals surface area contributed by atoms with E-state index in [4.69, 9.17) is 9.47 Å². The molecule has 0 saturated carbocycles. The van der Waals surface area contributed by atoms with Gasteiger partial charge in [-0.25, -0.2) is 18.3 Å². The second kappa shape index (κ2) is 12.5. The van der Waals surface area contributed by atoms with Gasteiger partial charge in [0.25, 0.3) is 0 Å². The molecule has 3 N–H and O–H groups in total. The van der Waals surface area contributed by atoms with Gasteiger partial charge in [-0.2, -0.15) is 0 Å². The number of halogens is 2. The number of carbonyl (C=O) groups is 1. The molecule has 4 atom stereocenters. The smallest absolute Gasteiger partial charge is 0.320 e. The van der Waals surface area contributed by atoms with Crippen molar-refractivity contribution in [1.82, 2.24) is 20.0 Å². The first kappa shape index (κ1) is 28.5. The first-order valence-electron chi connectivity index (χ1n) is 12.9. The number of anilines is 1. The predicted octanol–water partition coefficient (Wildman–Crippen LogP) is 3.84. The van der Waals surface area contributed by atoms with Crippen molar-refractivity contribution in [1.29, 1.82) is 0 Å².